The fourth-order valence-electron chi connectivity index (χ4n) is 2.57. The maximum atomic E-state index is 12.5. The number of hydrogen-bond acceptors (Lipinski definition) is 3. The number of pyridine rings is 1. The lowest BCUT2D eigenvalue weighted by molar-refractivity contribution is 0.0694. The standard InChI is InChI=1S/C18H21NO4/c1-3-4-7-12-19-15(11-10-14(17(19)20)18(21)22)13-8-5-6-9-16(13)23-2/h5-6,8-11H,3-4,7,12H2,1-2H3,(H,21,22). The smallest absolute Gasteiger partial charge is 0.341 e. The normalized spacial score (nSPS) is 10.5. The Balaban J connectivity index is 2.60. The Morgan fingerprint density at radius 3 is 2.57 bits per heavy atom. The van der Waals surface area contributed by atoms with E-state index >= 15 is 0 Å². The van der Waals surface area contributed by atoms with Gasteiger partial charge in [0.05, 0.1) is 12.8 Å². The summed E-state index contributed by atoms with van der Waals surface area (Å²) in [7, 11) is 1.57. The number of aromatic carboxylic acids is 1. The van der Waals surface area contributed by atoms with Crippen LogP contribution in [-0.4, -0.2) is 22.8 Å². The van der Waals surface area contributed by atoms with Crippen LogP contribution in [0.5, 0.6) is 5.75 Å². The van der Waals surface area contributed by atoms with Crippen LogP contribution in [0.1, 0.15) is 36.5 Å². The van der Waals surface area contributed by atoms with Gasteiger partial charge in [0, 0.05) is 12.1 Å². The molecule has 0 spiro atoms. The molecule has 5 heteroatoms. The third-order valence-corrected chi connectivity index (χ3v) is 3.77. The highest BCUT2D eigenvalue weighted by Crippen LogP contribution is 2.29. The second kappa shape index (κ2) is 7.63. The molecule has 5 nitrogen and oxygen atoms in total. The molecule has 0 bridgehead atoms. The van der Waals surface area contributed by atoms with Crippen molar-refractivity contribution in [2.45, 2.75) is 32.7 Å². The SMILES string of the molecule is CCCCCn1c(-c2ccccc2OC)ccc(C(=O)O)c1=O. The predicted molar refractivity (Wildman–Crippen MR) is 89.2 cm³/mol. The van der Waals surface area contributed by atoms with Crippen molar-refractivity contribution in [3.63, 3.8) is 0 Å². The van der Waals surface area contributed by atoms with Gasteiger partial charge in [-0.3, -0.25) is 4.79 Å². The minimum Gasteiger partial charge on any atom is -0.496 e. The van der Waals surface area contributed by atoms with Crippen LogP contribution in [0.15, 0.2) is 41.2 Å². The maximum Gasteiger partial charge on any atom is 0.341 e. The second-order valence-electron chi connectivity index (χ2n) is 5.30. The molecule has 1 heterocycles. The van der Waals surface area contributed by atoms with E-state index in [1.165, 1.54) is 10.6 Å². The van der Waals surface area contributed by atoms with Gasteiger partial charge in [0.2, 0.25) is 0 Å². The predicted octanol–water partition coefficient (Wildman–Crippen LogP) is 3.41. The van der Waals surface area contributed by atoms with Crippen molar-refractivity contribution < 1.29 is 14.6 Å². The van der Waals surface area contributed by atoms with E-state index in [9.17, 15) is 14.7 Å². The van der Waals surface area contributed by atoms with Gasteiger partial charge in [-0.25, -0.2) is 4.79 Å². The van der Waals surface area contributed by atoms with Crippen LogP contribution in [-0.2, 0) is 6.54 Å². The van der Waals surface area contributed by atoms with Gasteiger partial charge in [-0.2, -0.15) is 0 Å². The first-order valence-electron chi connectivity index (χ1n) is 7.70. The first kappa shape index (κ1) is 16.8. The molecule has 1 N–H and O–H groups in total. The molecule has 0 saturated heterocycles. The van der Waals surface area contributed by atoms with Crippen molar-refractivity contribution >= 4 is 5.97 Å². The van der Waals surface area contributed by atoms with Crippen LogP contribution < -0.4 is 10.3 Å². The van der Waals surface area contributed by atoms with E-state index in [2.05, 4.69) is 6.92 Å². The van der Waals surface area contributed by atoms with E-state index in [0.717, 1.165) is 24.8 Å². The zero-order valence-corrected chi connectivity index (χ0v) is 13.4. The molecule has 0 saturated carbocycles. The summed E-state index contributed by atoms with van der Waals surface area (Å²) in [6.07, 6.45) is 2.83. The fraction of sp³-hybridized carbons (Fsp3) is 0.333. The highest BCUT2D eigenvalue weighted by molar-refractivity contribution is 5.87. The van der Waals surface area contributed by atoms with Crippen molar-refractivity contribution in [2.75, 3.05) is 7.11 Å². The van der Waals surface area contributed by atoms with Gasteiger partial charge < -0.3 is 14.4 Å². The lowest BCUT2D eigenvalue weighted by Gasteiger charge is -2.16. The number of methoxy groups -OCH3 is 1. The van der Waals surface area contributed by atoms with Crippen LogP contribution in [0, 0.1) is 0 Å². The minimum absolute atomic E-state index is 0.208. The molecule has 0 amide bonds. The number of aromatic nitrogens is 1. The molecule has 0 aliphatic rings. The first-order valence-corrected chi connectivity index (χ1v) is 7.70. The average Bonchev–Trinajstić information content (AvgIpc) is 2.56. The summed E-state index contributed by atoms with van der Waals surface area (Å²) in [5.74, 6) is -0.551. The van der Waals surface area contributed by atoms with Gasteiger partial charge in [0.15, 0.2) is 0 Å². The third-order valence-electron chi connectivity index (χ3n) is 3.77. The van der Waals surface area contributed by atoms with E-state index in [4.69, 9.17) is 4.74 Å². The van der Waals surface area contributed by atoms with Crippen LogP contribution in [0.2, 0.25) is 0 Å². The number of nitrogens with zero attached hydrogens (tertiary/aromatic N) is 1. The van der Waals surface area contributed by atoms with Crippen molar-refractivity contribution in [2.24, 2.45) is 0 Å². The molecule has 1 aromatic heterocycles. The summed E-state index contributed by atoms with van der Waals surface area (Å²) in [6, 6.07) is 10.4. The van der Waals surface area contributed by atoms with E-state index < -0.39 is 11.5 Å². The average molecular weight is 315 g/mol. The highest BCUT2D eigenvalue weighted by atomic mass is 16.5. The van der Waals surface area contributed by atoms with Crippen molar-refractivity contribution in [3.8, 4) is 17.0 Å². The number of benzene rings is 1. The van der Waals surface area contributed by atoms with E-state index in [1.54, 1.807) is 13.2 Å². The molecule has 122 valence electrons. The largest absolute Gasteiger partial charge is 0.496 e. The summed E-state index contributed by atoms with van der Waals surface area (Å²) in [4.78, 5) is 23.8. The van der Waals surface area contributed by atoms with Crippen molar-refractivity contribution in [1.82, 2.24) is 4.57 Å². The topological polar surface area (TPSA) is 68.5 Å². The van der Waals surface area contributed by atoms with Crippen molar-refractivity contribution in [3.05, 3.63) is 52.3 Å². The van der Waals surface area contributed by atoms with Crippen LogP contribution >= 0.6 is 0 Å². The summed E-state index contributed by atoms with van der Waals surface area (Å²) >= 11 is 0. The molecule has 2 rings (SSSR count). The molecule has 0 unspecified atom stereocenters. The molecule has 23 heavy (non-hydrogen) atoms. The van der Waals surface area contributed by atoms with Crippen LogP contribution in [0.4, 0.5) is 0 Å². The summed E-state index contributed by atoms with van der Waals surface area (Å²) in [5.41, 5.74) is 0.770. The molecular weight excluding hydrogens is 294 g/mol. The van der Waals surface area contributed by atoms with Crippen LogP contribution in [0.25, 0.3) is 11.3 Å². The zero-order chi connectivity index (χ0) is 16.8. The Morgan fingerprint density at radius 1 is 1.17 bits per heavy atom. The molecule has 0 radical (unpaired) electrons. The van der Waals surface area contributed by atoms with E-state index in [0.29, 0.717) is 18.0 Å². The Kier molecular flexibility index (Phi) is 5.57. The number of para-hydroxylation sites is 1. The number of carbonyl (C=O) groups is 1. The van der Waals surface area contributed by atoms with E-state index in [1.807, 2.05) is 24.3 Å². The number of carboxylic acid groups (broad SMARTS) is 1. The fourth-order valence-corrected chi connectivity index (χ4v) is 2.57. The van der Waals surface area contributed by atoms with Crippen molar-refractivity contribution in [1.29, 1.82) is 0 Å². The van der Waals surface area contributed by atoms with Gasteiger partial charge >= 0.3 is 5.97 Å². The number of hydrogen-bond donors (Lipinski definition) is 1. The van der Waals surface area contributed by atoms with Gasteiger partial charge in [-0.1, -0.05) is 31.9 Å². The molecular formula is C18H21NO4. The lowest BCUT2D eigenvalue weighted by Crippen LogP contribution is -2.27. The Hall–Kier alpha value is -2.56. The quantitative estimate of drug-likeness (QED) is 0.795. The van der Waals surface area contributed by atoms with Gasteiger partial charge in [-0.15, -0.1) is 0 Å². The lowest BCUT2D eigenvalue weighted by atomic mass is 10.1. The molecule has 1 aromatic carbocycles. The Labute approximate surface area is 135 Å². The number of unbranched alkanes of at least 4 members (excludes halogenated alkanes) is 2. The summed E-state index contributed by atoms with van der Waals surface area (Å²) < 4.78 is 6.90. The Morgan fingerprint density at radius 2 is 1.91 bits per heavy atom. The van der Waals surface area contributed by atoms with Crippen LogP contribution in [0.3, 0.4) is 0 Å². The second-order valence-corrected chi connectivity index (χ2v) is 5.30. The third kappa shape index (κ3) is 3.62. The van der Waals surface area contributed by atoms with Gasteiger partial charge in [-0.05, 0) is 30.7 Å². The zero-order valence-electron chi connectivity index (χ0n) is 13.4. The molecule has 2 aromatic rings. The first-order chi connectivity index (χ1) is 11.1. The summed E-state index contributed by atoms with van der Waals surface area (Å²) in [6.45, 7) is 2.57. The van der Waals surface area contributed by atoms with Gasteiger partial charge in [0.1, 0.15) is 11.3 Å². The molecule has 0 aliphatic carbocycles. The highest BCUT2D eigenvalue weighted by Gasteiger charge is 2.16. The molecule has 0 fully saturated rings. The summed E-state index contributed by atoms with van der Waals surface area (Å²) in [5, 5.41) is 9.19. The number of ether oxygens (including phenoxy) is 1. The monoisotopic (exact) mass is 315 g/mol. The van der Waals surface area contributed by atoms with E-state index in [-0.39, 0.29) is 5.56 Å². The Bertz CT molecular complexity index is 749. The minimum atomic E-state index is -1.20. The maximum absolute atomic E-state index is 12.5. The molecule has 0 atom stereocenters. The number of carboxylic acids is 1. The van der Waals surface area contributed by atoms with Gasteiger partial charge in [0.25, 0.3) is 5.56 Å². The molecule has 0 aliphatic heterocycles. The number of rotatable bonds is 7.